The number of urea groups is 1. The lowest BCUT2D eigenvalue weighted by Crippen LogP contribution is -2.30. The zero-order chi connectivity index (χ0) is 25.6. The molecule has 37 heavy (non-hydrogen) atoms. The molecule has 0 fully saturated rings. The minimum absolute atomic E-state index is 0.228. The second kappa shape index (κ2) is 11.1. The molecule has 2 amide bonds. The molecule has 3 aromatic carbocycles. The topological polar surface area (TPSA) is 83.3 Å². The monoisotopic (exact) mass is 510 g/mol. The summed E-state index contributed by atoms with van der Waals surface area (Å²) in [5, 5.41) is 14.4. The number of halogens is 1. The summed E-state index contributed by atoms with van der Waals surface area (Å²) in [5.74, 6) is 0.796. The Kier molecular flexibility index (Phi) is 7.33. The van der Waals surface area contributed by atoms with E-state index in [1.165, 1.54) is 5.56 Å². The Bertz CT molecular complexity index is 1530. The number of carbonyl (C=O) groups is 1. The van der Waals surface area contributed by atoms with E-state index in [0.717, 1.165) is 46.0 Å². The maximum Gasteiger partial charge on any atom is 0.319 e. The Balaban J connectivity index is 1.26. The average Bonchev–Trinajstić information content (AvgIpc) is 3.29. The molecular formula is C29H27ClN6O. The molecular weight excluding hydrogens is 484 g/mol. The minimum Gasteiger partial charge on any atom is -0.366 e. The third-order valence-electron chi connectivity index (χ3n) is 6.00. The molecule has 0 aliphatic heterocycles. The maximum absolute atomic E-state index is 12.4. The number of fused-ring (bicyclic) bond motifs is 1. The van der Waals surface area contributed by atoms with Crippen LogP contribution in [-0.2, 0) is 13.0 Å². The fourth-order valence-electron chi connectivity index (χ4n) is 4.10. The van der Waals surface area contributed by atoms with Gasteiger partial charge in [-0.1, -0.05) is 72.3 Å². The van der Waals surface area contributed by atoms with Crippen LogP contribution < -0.4 is 16.0 Å². The predicted octanol–water partition coefficient (Wildman–Crippen LogP) is 6.33. The van der Waals surface area contributed by atoms with Gasteiger partial charge in [-0.25, -0.2) is 9.78 Å². The molecule has 0 bridgehead atoms. The molecule has 2 heterocycles. The van der Waals surface area contributed by atoms with Gasteiger partial charge < -0.3 is 16.0 Å². The SMILES string of the molecule is Cc1cnn2c(NCc3cccc(NC(=O)NCCc4ccccc4)c3)cc(-c3ccccc3Cl)nc12. The van der Waals surface area contributed by atoms with E-state index in [9.17, 15) is 4.79 Å². The lowest BCUT2D eigenvalue weighted by Gasteiger charge is -2.13. The van der Waals surface area contributed by atoms with Crippen LogP contribution >= 0.6 is 11.6 Å². The van der Waals surface area contributed by atoms with Gasteiger partial charge in [-0.05, 0) is 42.7 Å². The summed E-state index contributed by atoms with van der Waals surface area (Å²) in [4.78, 5) is 17.2. The number of anilines is 2. The van der Waals surface area contributed by atoms with E-state index in [1.807, 2.05) is 79.7 Å². The molecule has 0 aliphatic rings. The van der Waals surface area contributed by atoms with Crippen molar-refractivity contribution in [3.63, 3.8) is 0 Å². The molecule has 0 radical (unpaired) electrons. The minimum atomic E-state index is -0.228. The summed E-state index contributed by atoms with van der Waals surface area (Å²) in [7, 11) is 0. The van der Waals surface area contributed by atoms with E-state index in [2.05, 4.69) is 33.2 Å². The Morgan fingerprint density at radius 1 is 0.946 bits per heavy atom. The summed E-state index contributed by atoms with van der Waals surface area (Å²) in [6, 6.07) is 27.2. The van der Waals surface area contributed by atoms with Crippen LogP contribution in [0.3, 0.4) is 0 Å². The molecule has 0 saturated carbocycles. The highest BCUT2D eigenvalue weighted by molar-refractivity contribution is 6.33. The largest absolute Gasteiger partial charge is 0.366 e. The van der Waals surface area contributed by atoms with Gasteiger partial charge in [-0.2, -0.15) is 9.61 Å². The smallest absolute Gasteiger partial charge is 0.319 e. The number of nitrogens with one attached hydrogen (secondary N) is 3. The van der Waals surface area contributed by atoms with Crippen molar-refractivity contribution in [1.29, 1.82) is 0 Å². The fourth-order valence-corrected chi connectivity index (χ4v) is 4.33. The highest BCUT2D eigenvalue weighted by atomic mass is 35.5. The molecule has 5 aromatic rings. The second-order valence-electron chi connectivity index (χ2n) is 8.74. The number of carbonyl (C=O) groups excluding carboxylic acids is 1. The molecule has 7 nitrogen and oxygen atoms in total. The van der Waals surface area contributed by atoms with Gasteiger partial charge in [0.2, 0.25) is 0 Å². The fraction of sp³-hybridized carbons (Fsp3) is 0.138. The van der Waals surface area contributed by atoms with E-state index >= 15 is 0 Å². The molecule has 0 unspecified atom stereocenters. The van der Waals surface area contributed by atoms with Gasteiger partial charge in [0.05, 0.1) is 11.9 Å². The van der Waals surface area contributed by atoms with Crippen LogP contribution in [0.4, 0.5) is 16.3 Å². The first kappa shape index (κ1) is 24.3. The zero-order valence-electron chi connectivity index (χ0n) is 20.4. The number of aryl methyl sites for hydroxylation is 1. The number of nitrogens with zero attached hydrogens (tertiary/aromatic N) is 3. The Labute approximate surface area is 220 Å². The maximum atomic E-state index is 12.4. The van der Waals surface area contributed by atoms with Crippen LogP contribution in [0.15, 0.2) is 91.1 Å². The van der Waals surface area contributed by atoms with Crippen molar-refractivity contribution >= 4 is 34.8 Å². The molecule has 0 atom stereocenters. The van der Waals surface area contributed by atoms with Crippen LogP contribution in [0.5, 0.6) is 0 Å². The van der Waals surface area contributed by atoms with Crippen LogP contribution in [0, 0.1) is 6.92 Å². The molecule has 5 rings (SSSR count). The predicted molar refractivity (Wildman–Crippen MR) is 149 cm³/mol. The van der Waals surface area contributed by atoms with Gasteiger partial charge >= 0.3 is 6.03 Å². The molecule has 2 aromatic heterocycles. The number of hydrogen-bond acceptors (Lipinski definition) is 4. The zero-order valence-corrected chi connectivity index (χ0v) is 21.2. The first-order valence-electron chi connectivity index (χ1n) is 12.1. The highest BCUT2D eigenvalue weighted by Crippen LogP contribution is 2.29. The van der Waals surface area contributed by atoms with Crippen LogP contribution in [0.2, 0.25) is 5.02 Å². The van der Waals surface area contributed by atoms with E-state index < -0.39 is 0 Å². The summed E-state index contributed by atoms with van der Waals surface area (Å²) < 4.78 is 1.79. The van der Waals surface area contributed by atoms with Crippen molar-refractivity contribution in [2.24, 2.45) is 0 Å². The van der Waals surface area contributed by atoms with E-state index in [1.54, 1.807) is 10.7 Å². The van der Waals surface area contributed by atoms with E-state index in [0.29, 0.717) is 18.1 Å². The van der Waals surface area contributed by atoms with Crippen molar-refractivity contribution in [3.05, 3.63) is 113 Å². The number of benzene rings is 3. The number of hydrogen-bond donors (Lipinski definition) is 3. The van der Waals surface area contributed by atoms with Gasteiger partial charge in [0.25, 0.3) is 0 Å². The van der Waals surface area contributed by atoms with Crippen LogP contribution in [0.1, 0.15) is 16.7 Å². The summed E-state index contributed by atoms with van der Waals surface area (Å²) in [6.45, 7) is 3.08. The lowest BCUT2D eigenvalue weighted by atomic mass is 10.1. The van der Waals surface area contributed by atoms with Gasteiger partial charge in [0.15, 0.2) is 5.65 Å². The van der Waals surface area contributed by atoms with Crippen molar-refractivity contribution in [3.8, 4) is 11.3 Å². The molecule has 186 valence electrons. The van der Waals surface area contributed by atoms with Gasteiger partial charge in [-0.3, -0.25) is 0 Å². The quantitative estimate of drug-likeness (QED) is 0.227. The third kappa shape index (κ3) is 5.90. The third-order valence-corrected chi connectivity index (χ3v) is 6.33. The molecule has 8 heteroatoms. The van der Waals surface area contributed by atoms with E-state index in [-0.39, 0.29) is 6.03 Å². The summed E-state index contributed by atoms with van der Waals surface area (Å²) in [5.41, 5.74) is 6.29. The summed E-state index contributed by atoms with van der Waals surface area (Å²) >= 11 is 6.45. The number of amides is 2. The second-order valence-corrected chi connectivity index (χ2v) is 9.15. The lowest BCUT2D eigenvalue weighted by molar-refractivity contribution is 0.252. The Hall–Kier alpha value is -4.36. The van der Waals surface area contributed by atoms with Crippen molar-refractivity contribution < 1.29 is 4.79 Å². The van der Waals surface area contributed by atoms with E-state index in [4.69, 9.17) is 16.6 Å². The highest BCUT2D eigenvalue weighted by Gasteiger charge is 2.13. The van der Waals surface area contributed by atoms with Crippen molar-refractivity contribution in [2.45, 2.75) is 19.9 Å². The first-order chi connectivity index (χ1) is 18.1. The molecule has 0 saturated heterocycles. The van der Waals surface area contributed by atoms with Crippen LogP contribution in [-0.4, -0.2) is 27.2 Å². The van der Waals surface area contributed by atoms with Gasteiger partial charge in [0.1, 0.15) is 5.82 Å². The number of aromatic nitrogens is 3. The van der Waals surface area contributed by atoms with Crippen molar-refractivity contribution in [1.82, 2.24) is 19.9 Å². The number of rotatable bonds is 8. The molecule has 0 spiro atoms. The first-order valence-corrected chi connectivity index (χ1v) is 12.5. The van der Waals surface area contributed by atoms with Crippen molar-refractivity contribution in [2.75, 3.05) is 17.2 Å². The normalized spacial score (nSPS) is 10.9. The molecule has 0 aliphatic carbocycles. The Morgan fingerprint density at radius 2 is 1.73 bits per heavy atom. The summed E-state index contributed by atoms with van der Waals surface area (Å²) in [6.07, 6.45) is 2.58. The van der Waals surface area contributed by atoms with Gasteiger partial charge in [-0.15, -0.1) is 0 Å². The standard InChI is InChI=1S/C29H27ClN6O/c1-20-18-33-36-27(17-26(35-28(20)36)24-12-5-6-13-25(24)30)32-19-22-10-7-11-23(16-22)34-29(37)31-15-14-21-8-3-2-4-9-21/h2-13,16-18,32H,14-15,19H2,1H3,(H2,31,34,37). The average molecular weight is 511 g/mol. The molecule has 3 N–H and O–H groups in total. The Morgan fingerprint density at radius 3 is 2.57 bits per heavy atom. The van der Waals surface area contributed by atoms with Crippen LogP contribution in [0.25, 0.3) is 16.9 Å². The van der Waals surface area contributed by atoms with Gasteiger partial charge in [0, 0.05) is 41.0 Å².